The second-order valence-corrected chi connectivity index (χ2v) is 13.1. The summed E-state index contributed by atoms with van der Waals surface area (Å²) in [6.07, 6.45) is 4.92. The van der Waals surface area contributed by atoms with E-state index in [1.54, 1.807) is 49.4 Å². The van der Waals surface area contributed by atoms with Gasteiger partial charge in [-0.05, 0) is 61.2 Å². The number of anilines is 1. The van der Waals surface area contributed by atoms with Gasteiger partial charge >= 0.3 is 5.91 Å². The third kappa shape index (κ3) is 6.02. The van der Waals surface area contributed by atoms with E-state index in [2.05, 4.69) is 22.1 Å². The highest BCUT2D eigenvalue weighted by Gasteiger charge is 2.49. The lowest BCUT2D eigenvalue weighted by Gasteiger charge is -2.22. The molecule has 1 unspecified atom stereocenters. The van der Waals surface area contributed by atoms with Crippen LogP contribution in [0.1, 0.15) is 60.3 Å². The topological polar surface area (TPSA) is 110 Å². The Morgan fingerprint density at radius 1 is 1.04 bits per heavy atom. The predicted molar refractivity (Wildman–Crippen MR) is 177 cm³/mol. The van der Waals surface area contributed by atoms with Crippen molar-refractivity contribution in [1.82, 2.24) is 19.6 Å². The van der Waals surface area contributed by atoms with Gasteiger partial charge in [-0.3, -0.25) is 14.5 Å². The number of aliphatic hydroxyl groups excluding tert-OH is 1. The van der Waals surface area contributed by atoms with E-state index in [0.717, 1.165) is 36.2 Å². The first-order valence-electron chi connectivity index (χ1n) is 15.0. The highest BCUT2D eigenvalue weighted by Crippen LogP contribution is 2.44. The van der Waals surface area contributed by atoms with Gasteiger partial charge in [-0.1, -0.05) is 79.3 Å². The summed E-state index contributed by atoms with van der Waals surface area (Å²) in [6, 6.07) is 16.4. The van der Waals surface area contributed by atoms with Crippen LogP contribution < -0.4 is 9.64 Å². The number of ether oxygens (including phenoxy) is 1. The molecule has 0 spiro atoms. The second-order valence-electron chi connectivity index (χ2n) is 11.0. The second kappa shape index (κ2) is 13.4. The molecule has 2 aromatic carbocycles. The first-order chi connectivity index (χ1) is 22.3. The van der Waals surface area contributed by atoms with Crippen molar-refractivity contribution in [2.45, 2.75) is 56.2 Å². The van der Waals surface area contributed by atoms with Crippen molar-refractivity contribution in [3.8, 4) is 5.75 Å². The van der Waals surface area contributed by atoms with Crippen molar-refractivity contribution >= 4 is 51.3 Å². The van der Waals surface area contributed by atoms with Gasteiger partial charge < -0.3 is 14.2 Å². The number of carbonyl (C=O) groups excluding carboxylic acids is 2. The van der Waals surface area contributed by atoms with E-state index < -0.39 is 17.7 Å². The number of ketones is 1. The molecule has 4 heterocycles. The van der Waals surface area contributed by atoms with E-state index >= 15 is 0 Å². The molecule has 5 aromatic rings. The van der Waals surface area contributed by atoms with Gasteiger partial charge in [0.15, 0.2) is 10.1 Å². The molecule has 6 rings (SSSR count). The Morgan fingerprint density at radius 2 is 1.83 bits per heavy atom. The molecule has 0 radical (unpaired) electrons. The number of aromatic nitrogens is 4. The van der Waals surface area contributed by atoms with Crippen LogP contribution in [0.4, 0.5) is 9.52 Å². The molecule has 9 nitrogen and oxygen atoms in total. The summed E-state index contributed by atoms with van der Waals surface area (Å²) in [4.78, 5) is 33.4. The van der Waals surface area contributed by atoms with Crippen LogP contribution in [0.2, 0.25) is 0 Å². The number of aliphatic hydroxyl groups is 1. The number of halogens is 1. The summed E-state index contributed by atoms with van der Waals surface area (Å²) >= 11 is 2.40. The molecule has 1 fully saturated rings. The Hall–Kier alpha value is -4.55. The Labute approximate surface area is 273 Å². The fourth-order valence-electron chi connectivity index (χ4n) is 5.42. The van der Waals surface area contributed by atoms with Crippen LogP contribution in [0.25, 0.3) is 11.4 Å². The molecular weight excluding hydrogens is 626 g/mol. The summed E-state index contributed by atoms with van der Waals surface area (Å²) in [6.45, 7) is 6.42. The zero-order valence-electron chi connectivity index (χ0n) is 25.6. The van der Waals surface area contributed by atoms with Crippen molar-refractivity contribution in [2.75, 3.05) is 11.5 Å². The van der Waals surface area contributed by atoms with Gasteiger partial charge in [-0.25, -0.2) is 9.37 Å². The molecule has 1 N–H and O–H groups in total. The van der Waals surface area contributed by atoms with Crippen molar-refractivity contribution in [3.63, 3.8) is 0 Å². The van der Waals surface area contributed by atoms with E-state index in [-0.39, 0.29) is 28.0 Å². The average Bonchev–Trinajstić information content (AvgIpc) is 3.74. The van der Waals surface area contributed by atoms with Crippen LogP contribution in [0.5, 0.6) is 5.75 Å². The van der Waals surface area contributed by atoms with Crippen LogP contribution in [0.3, 0.4) is 0 Å². The highest BCUT2D eigenvalue weighted by atomic mass is 32.2. The lowest BCUT2D eigenvalue weighted by molar-refractivity contribution is -0.132. The Balaban J connectivity index is 1.40. The standard InChI is InChI=1S/C34H32FN5O4S2/c1-4-5-8-18-44-24-15-13-22(14-16-24)28-26(29(41)27-21(3)39-17-9-10-20(2)31(39)36-27)30(42)32(43)40(28)33-37-38-34(46-33)45-19-23-11-6-7-12-25(23)35/h6-7,9-17,28,41H,4-5,8,18-19H2,1-3H3/b29-26+. The number of hydrogen-bond donors (Lipinski definition) is 1. The molecule has 1 aliphatic rings. The number of amides is 1. The summed E-state index contributed by atoms with van der Waals surface area (Å²) in [5, 5.41) is 20.4. The van der Waals surface area contributed by atoms with E-state index in [0.29, 0.717) is 44.9 Å². The third-order valence-corrected chi connectivity index (χ3v) is 9.98. The summed E-state index contributed by atoms with van der Waals surface area (Å²) in [7, 11) is 0. The average molecular weight is 658 g/mol. The number of nitrogens with zero attached hydrogens (tertiary/aromatic N) is 5. The SMILES string of the molecule is CCCCCOc1ccc(C2/C(=C(\O)c3nc4c(C)cccn4c3C)C(=O)C(=O)N2c2nnc(SCc3ccccc3F)s2)cc1. The van der Waals surface area contributed by atoms with Crippen LogP contribution in [-0.2, 0) is 15.3 Å². The zero-order chi connectivity index (χ0) is 32.4. The minimum absolute atomic E-state index is 0.0958. The number of thioether (sulfide) groups is 1. The zero-order valence-corrected chi connectivity index (χ0v) is 27.2. The monoisotopic (exact) mass is 657 g/mol. The van der Waals surface area contributed by atoms with Gasteiger partial charge in [-0.15, -0.1) is 10.2 Å². The van der Waals surface area contributed by atoms with E-state index in [1.807, 2.05) is 29.7 Å². The molecule has 236 valence electrons. The number of aryl methyl sites for hydroxylation is 2. The number of fused-ring (bicyclic) bond motifs is 1. The molecule has 46 heavy (non-hydrogen) atoms. The molecule has 0 saturated carbocycles. The quantitative estimate of drug-likeness (QED) is 0.0390. The number of benzene rings is 2. The molecule has 3 aromatic heterocycles. The molecule has 1 saturated heterocycles. The maximum Gasteiger partial charge on any atom is 0.301 e. The van der Waals surface area contributed by atoms with Gasteiger partial charge in [0.25, 0.3) is 5.78 Å². The largest absolute Gasteiger partial charge is 0.505 e. The lowest BCUT2D eigenvalue weighted by Crippen LogP contribution is -2.29. The molecule has 1 atom stereocenters. The van der Waals surface area contributed by atoms with Crippen molar-refractivity contribution in [1.29, 1.82) is 0 Å². The summed E-state index contributed by atoms with van der Waals surface area (Å²) in [5.41, 5.74) is 3.37. The minimum Gasteiger partial charge on any atom is -0.505 e. The van der Waals surface area contributed by atoms with Gasteiger partial charge in [0.2, 0.25) is 5.13 Å². The number of carbonyl (C=O) groups is 2. The van der Waals surface area contributed by atoms with E-state index in [1.165, 1.54) is 22.7 Å². The maximum atomic E-state index is 14.2. The predicted octanol–water partition coefficient (Wildman–Crippen LogP) is 7.43. The number of hydrogen-bond acceptors (Lipinski definition) is 9. The number of imidazole rings is 1. The molecular formula is C34H32FN5O4S2. The smallest absolute Gasteiger partial charge is 0.301 e. The number of rotatable bonds is 11. The van der Waals surface area contributed by atoms with Crippen LogP contribution in [0.15, 0.2) is 76.8 Å². The van der Waals surface area contributed by atoms with Crippen LogP contribution >= 0.6 is 23.1 Å². The first-order valence-corrected chi connectivity index (χ1v) is 16.8. The molecule has 1 amide bonds. The highest BCUT2D eigenvalue weighted by molar-refractivity contribution is 8.00. The molecule has 0 aliphatic carbocycles. The first kappa shape index (κ1) is 31.4. The normalized spacial score (nSPS) is 16.1. The molecule has 0 bridgehead atoms. The maximum absolute atomic E-state index is 14.2. The Bertz CT molecular complexity index is 1950. The van der Waals surface area contributed by atoms with E-state index in [9.17, 15) is 19.1 Å². The van der Waals surface area contributed by atoms with Gasteiger partial charge in [0.1, 0.15) is 22.9 Å². The Morgan fingerprint density at radius 3 is 2.57 bits per heavy atom. The van der Waals surface area contributed by atoms with Crippen molar-refractivity contribution in [2.24, 2.45) is 0 Å². The minimum atomic E-state index is -1.00. The summed E-state index contributed by atoms with van der Waals surface area (Å²) < 4.78 is 22.4. The fraction of sp³-hybridized carbons (Fsp3) is 0.265. The lowest BCUT2D eigenvalue weighted by atomic mass is 9.96. The van der Waals surface area contributed by atoms with Gasteiger partial charge in [0, 0.05) is 11.9 Å². The molecule has 12 heteroatoms. The Kier molecular flexibility index (Phi) is 9.18. The van der Waals surface area contributed by atoms with E-state index in [4.69, 9.17) is 4.74 Å². The molecule has 1 aliphatic heterocycles. The number of pyridine rings is 1. The third-order valence-electron chi connectivity index (χ3n) is 7.88. The van der Waals surface area contributed by atoms with Crippen LogP contribution in [-0.4, -0.2) is 43.0 Å². The number of unbranched alkanes of at least 4 members (excludes halogenated alkanes) is 2. The van der Waals surface area contributed by atoms with Gasteiger partial charge in [-0.2, -0.15) is 0 Å². The van der Waals surface area contributed by atoms with Gasteiger partial charge in [0.05, 0.1) is 23.9 Å². The summed E-state index contributed by atoms with van der Waals surface area (Å²) in [5.74, 6) is -1.41. The van der Waals surface area contributed by atoms with Crippen LogP contribution in [0, 0.1) is 19.7 Å². The van der Waals surface area contributed by atoms with Crippen molar-refractivity contribution in [3.05, 3.63) is 106 Å². The number of Topliss-reactive ketones (excluding diaryl/α,β-unsaturated/α-hetero) is 1. The fourth-order valence-corrected chi connectivity index (χ4v) is 7.27. The van der Waals surface area contributed by atoms with Crippen molar-refractivity contribution < 1.29 is 23.8 Å².